The second-order valence-corrected chi connectivity index (χ2v) is 5.54. The maximum absolute atomic E-state index is 12.7. The minimum atomic E-state index is -0.889. The zero-order valence-corrected chi connectivity index (χ0v) is 14.6. The molecule has 0 aliphatic carbocycles. The van der Waals surface area contributed by atoms with Gasteiger partial charge in [-0.05, 0) is 29.8 Å². The first kappa shape index (κ1) is 19.0. The van der Waals surface area contributed by atoms with Gasteiger partial charge in [-0.3, -0.25) is 14.4 Å². The average Bonchev–Trinajstić information content (AvgIpc) is 2.65. The fraction of sp³-hybridized carbons (Fsp3) is 0.211. The van der Waals surface area contributed by atoms with Crippen LogP contribution in [-0.2, 0) is 14.4 Å². The Bertz CT molecular complexity index is 760. The van der Waals surface area contributed by atoms with Crippen molar-refractivity contribution in [3.63, 3.8) is 0 Å². The van der Waals surface area contributed by atoms with E-state index in [-0.39, 0.29) is 12.5 Å². The van der Waals surface area contributed by atoms with Crippen LogP contribution in [0.4, 0.5) is 5.69 Å². The second kappa shape index (κ2) is 9.22. The van der Waals surface area contributed by atoms with Crippen LogP contribution in [0.1, 0.15) is 18.5 Å². The van der Waals surface area contributed by atoms with Gasteiger partial charge in [0.05, 0.1) is 13.7 Å². The lowest BCUT2D eigenvalue weighted by Crippen LogP contribution is -2.42. The number of methoxy groups -OCH3 is 1. The van der Waals surface area contributed by atoms with E-state index in [0.29, 0.717) is 17.0 Å². The molecule has 0 aliphatic heterocycles. The number of nitrogens with one attached hydrogen (secondary N) is 3. The summed E-state index contributed by atoms with van der Waals surface area (Å²) in [6, 6.07) is 14.8. The summed E-state index contributed by atoms with van der Waals surface area (Å²) in [5.74, 6) is -0.498. The predicted molar refractivity (Wildman–Crippen MR) is 97.6 cm³/mol. The van der Waals surface area contributed by atoms with Gasteiger partial charge in [0, 0.05) is 12.6 Å². The third-order valence-corrected chi connectivity index (χ3v) is 3.56. The Kier molecular flexibility index (Phi) is 6.73. The van der Waals surface area contributed by atoms with Crippen molar-refractivity contribution >= 4 is 23.4 Å². The number of rotatable bonds is 7. The molecule has 0 aliphatic rings. The molecule has 0 saturated heterocycles. The molecule has 7 heteroatoms. The van der Waals surface area contributed by atoms with Crippen molar-refractivity contribution in [2.24, 2.45) is 0 Å². The highest BCUT2D eigenvalue weighted by Crippen LogP contribution is 2.18. The Balaban J connectivity index is 2.12. The lowest BCUT2D eigenvalue weighted by Gasteiger charge is -2.19. The maximum atomic E-state index is 12.7. The van der Waals surface area contributed by atoms with Crippen molar-refractivity contribution in [2.45, 2.75) is 13.0 Å². The van der Waals surface area contributed by atoms with Crippen LogP contribution < -0.4 is 20.7 Å². The van der Waals surface area contributed by atoms with Crippen LogP contribution in [-0.4, -0.2) is 31.4 Å². The fourth-order valence-electron chi connectivity index (χ4n) is 2.25. The maximum Gasteiger partial charge on any atom is 0.251 e. The van der Waals surface area contributed by atoms with Crippen molar-refractivity contribution in [2.75, 3.05) is 19.0 Å². The summed E-state index contributed by atoms with van der Waals surface area (Å²) in [5, 5.41) is 7.81. The number of hydrogen-bond donors (Lipinski definition) is 3. The van der Waals surface area contributed by atoms with Crippen LogP contribution in [0, 0.1) is 0 Å². The Morgan fingerprint density at radius 2 is 1.65 bits per heavy atom. The summed E-state index contributed by atoms with van der Waals surface area (Å²) in [7, 11) is 1.56. The van der Waals surface area contributed by atoms with E-state index in [0.717, 1.165) is 0 Å². The van der Waals surface area contributed by atoms with E-state index in [4.69, 9.17) is 4.74 Å². The molecule has 0 fully saturated rings. The van der Waals surface area contributed by atoms with Gasteiger partial charge in [-0.2, -0.15) is 0 Å². The highest BCUT2D eigenvalue weighted by Gasteiger charge is 2.22. The first-order valence-electron chi connectivity index (χ1n) is 8.03. The summed E-state index contributed by atoms with van der Waals surface area (Å²) >= 11 is 0. The molecule has 7 nitrogen and oxygen atoms in total. The first-order chi connectivity index (χ1) is 12.5. The molecule has 0 heterocycles. The van der Waals surface area contributed by atoms with E-state index >= 15 is 0 Å². The van der Waals surface area contributed by atoms with E-state index in [2.05, 4.69) is 16.0 Å². The zero-order chi connectivity index (χ0) is 18.9. The van der Waals surface area contributed by atoms with E-state index in [1.165, 1.54) is 6.92 Å². The van der Waals surface area contributed by atoms with Crippen molar-refractivity contribution < 1.29 is 19.1 Å². The SMILES string of the molecule is COc1ccc(NC(=O)[C@@H](NC(=O)CNC(C)=O)c2ccccc2)cc1. The smallest absolute Gasteiger partial charge is 0.251 e. The van der Waals surface area contributed by atoms with Gasteiger partial charge in [0.15, 0.2) is 0 Å². The van der Waals surface area contributed by atoms with Crippen LogP contribution in [0.5, 0.6) is 5.75 Å². The lowest BCUT2D eigenvalue weighted by molar-refractivity contribution is -0.127. The minimum absolute atomic E-state index is 0.200. The molecule has 0 radical (unpaired) electrons. The number of benzene rings is 2. The van der Waals surface area contributed by atoms with Crippen LogP contribution in [0.15, 0.2) is 54.6 Å². The van der Waals surface area contributed by atoms with Crippen LogP contribution in [0.3, 0.4) is 0 Å². The topological polar surface area (TPSA) is 96.5 Å². The monoisotopic (exact) mass is 355 g/mol. The molecule has 3 amide bonds. The molecule has 2 rings (SSSR count). The van der Waals surface area contributed by atoms with Gasteiger partial charge in [0.2, 0.25) is 11.8 Å². The van der Waals surface area contributed by atoms with Crippen LogP contribution in [0.2, 0.25) is 0 Å². The number of anilines is 1. The number of carbonyl (C=O) groups is 3. The van der Waals surface area contributed by atoms with E-state index in [1.54, 1.807) is 55.6 Å². The molecule has 0 spiro atoms. The number of amides is 3. The Morgan fingerprint density at radius 1 is 1.00 bits per heavy atom. The van der Waals surface area contributed by atoms with Gasteiger partial charge in [-0.1, -0.05) is 30.3 Å². The highest BCUT2D eigenvalue weighted by molar-refractivity contribution is 5.98. The summed E-state index contributed by atoms with van der Waals surface area (Å²) < 4.78 is 5.09. The van der Waals surface area contributed by atoms with Gasteiger partial charge in [0.1, 0.15) is 11.8 Å². The Hall–Kier alpha value is -3.35. The largest absolute Gasteiger partial charge is 0.497 e. The molecule has 1 atom stereocenters. The predicted octanol–water partition coefficient (Wildman–Crippen LogP) is 1.63. The quantitative estimate of drug-likeness (QED) is 0.703. The molecule has 0 aromatic heterocycles. The van der Waals surface area contributed by atoms with Gasteiger partial charge in [-0.15, -0.1) is 0 Å². The summed E-state index contributed by atoms with van der Waals surface area (Å²) in [6.07, 6.45) is 0. The number of carbonyl (C=O) groups excluding carboxylic acids is 3. The molecule has 26 heavy (non-hydrogen) atoms. The van der Waals surface area contributed by atoms with Crippen molar-refractivity contribution in [3.05, 3.63) is 60.2 Å². The van der Waals surface area contributed by atoms with Crippen molar-refractivity contribution in [1.82, 2.24) is 10.6 Å². The molecule has 0 bridgehead atoms. The van der Waals surface area contributed by atoms with Crippen molar-refractivity contribution in [3.8, 4) is 5.75 Å². The lowest BCUT2D eigenvalue weighted by atomic mass is 10.1. The molecule has 2 aromatic rings. The average molecular weight is 355 g/mol. The van der Waals surface area contributed by atoms with Crippen LogP contribution >= 0.6 is 0 Å². The van der Waals surface area contributed by atoms with E-state index in [9.17, 15) is 14.4 Å². The molecular weight excluding hydrogens is 334 g/mol. The zero-order valence-electron chi connectivity index (χ0n) is 14.6. The molecule has 0 unspecified atom stereocenters. The van der Waals surface area contributed by atoms with Gasteiger partial charge in [-0.25, -0.2) is 0 Å². The fourth-order valence-corrected chi connectivity index (χ4v) is 2.25. The molecular formula is C19H21N3O4. The summed E-state index contributed by atoms with van der Waals surface area (Å²) in [6.45, 7) is 1.12. The molecule has 2 aromatic carbocycles. The standard InChI is InChI=1S/C19H21N3O4/c1-13(23)20-12-17(24)22-18(14-6-4-3-5-7-14)19(25)21-15-8-10-16(26-2)11-9-15/h3-11,18H,12H2,1-2H3,(H,20,23)(H,21,25)(H,22,24)/t18-/m0/s1. The van der Waals surface area contributed by atoms with E-state index in [1.807, 2.05) is 6.07 Å². The second-order valence-electron chi connectivity index (χ2n) is 5.54. The minimum Gasteiger partial charge on any atom is -0.497 e. The van der Waals surface area contributed by atoms with Crippen LogP contribution in [0.25, 0.3) is 0 Å². The van der Waals surface area contributed by atoms with Gasteiger partial charge >= 0.3 is 0 Å². The summed E-state index contributed by atoms with van der Waals surface area (Å²) in [5.41, 5.74) is 1.21. The Labute approximate surface area is 151 Å². The van der Waals surface area contributed by atoms with E-state index < -0.39 is 17.9 Å². The first-order valence-corrected chi connectivity index (χ1v) is 8.03. The highest BCUT2D eigenvalue weighted by atomic mass is 16.5. The molecule has 3 N–H and O–H groups in total. The van der Waals surface area contributed by atoms with Crippen molar-refractivity contribution in [1.29, 1.82) is 0 Å². The molecule has 0 saturated carbocycles. The third kappa shape index (κ3) is 5.62. The number of ether oxygens (including phenoxy) is 1. The van der Waals surface area contributed by atoms with Gasteiger partial charge in [0.25, 0.3) is 5.91 Å². The number of hydrogen-bond acceptors (Lipinski definition) is 4. The summed E-state index contributed by atoms with van der Waals surface area (Å²) in [4.78, 5) is 35.7. The normalized spacial score (nSPS) is 11.2. The third-order valence-electron chi connectivity index (χ3n) is 3.56. The Morgan fingerprint density at radius 3 is 2.23 bits per heavy atom. The van der Waals surface area contributed by atoms with Gasteiger partial charge < -0.3 is 20.7 Å². The molecule has 136 valence electrons.